The molecule has 1 saturated heterocycles. The quantitative estimate of drug-likeness (QED) is 0.0218. The zero-order valence-electron chi connectivity index (χ0n) is 34.4. The molecular formula is C34H58N14O14. The second-order valence-electron chi connectivity index (χ2n) is 14.1. The minimum absolute atomic E-state index is 0.0227. The van der Waals surface area contributed by atoms with Crippen molar-refractivity contribution in [3.05, 3.63) is 0 Å². The number of aliphatic hydroxyl groups is 2. The number of amides is 10. The maximum absolute atomic E-state index is 14.0. The lowest BCUT2D eigenvalue weighted by Crippen LogP contribution is -2.60. The first-order valence-electron chi connectivity index (χ1n) is 19.2. The zero-order valence-corrected chi connectivity index (χ0v) is 34.4. The van der Waals surface area contributed by atoms with Gasteiger partial charge in [-0.15, -0.1) is 0 Å². The van der Waals surface area contributed by atoms with Crippen molar-refractivity contribution in [3.8, 4) is 0 Å². The summed E-state index contributed by atoms with van der Waals surface area (Å²) in [5.74, 6) is -10.6. The molecule has 1 aliphatic rings. The third kappa shape index (κ3) is 19.1. The molecule has 0 spiro atoms. The molecule has 348 valence electrons. The van der Waals surface area contributed by atoms with E-state index in [1.165, 1.54) is 20.8 Å². The van der Waals surface area contributed by atoms with E-state index < -0.39 is 146 Å². The van der Waals surface area contributed by atoms with Gasteiger partial charge in [-0.3, -0.25) is 57.7 Å². The highest BCUT2D eigenvalue weighted by atomic mass is 16.4. The number of primary amides is 1. The number of rotatable bonds is 26. The van der Waals surface area contributed by atoms with Crippen LogP contribution >= 0.6 is 0 Å². The van der Waals surface area contributed by atoms with Gasteiger partial charge in [0.15, 0.2) is 5.96 Å². The number of aliphatic carboxylic acids is 1. The summed E-state index contributed by atoms with van der Waals surface area (Å²) >= 11 is 0. The van der Waals surface area contributed by atoms with Crippen LogP contribution < -0.4 is 65.5 Å². The fraction of sp³-hybridized carbons (Fsp3) is 0.647. The molecule has 0 aromatic rings. The Kier molecular flexibility index (Phi) is 22.8. The molecule has 0 aromatic heterocycles. The van der Waals surface area contributed by atoms with Crippen molar-refractivity contribution >= 4 is 71.0 Å². The summed E-state index contributed by atoms with van der Waals surface area (Å²) in [5, 5.41) is 46.2. The first-order chi connectivity index (χ1) is 29.0. The van der Waals surface area contributed by atoms with Gasteiger partial charge in [0.2, 0.25) is 59.1 Å². The Morgan fingerprint density at radius 2 is 1.32 bits per heavy atom. The molecule has 10 amide bonds. The number of carboxylic acid groups (broad SMARTS) is 1. The van der Waals surface area contributed by atoms with E-state index in [0.717, 1.165) is 4.90 Å². The van der Waals surface area contributed by atoms with E-state index in [0.29, 0.717) is 6.42 Å². The number of carbonyl (C=O) groups is 11. The molecule has 0 aromatic carbocycles. The fourth-order valence-electron chi connectivity index (χ4n) is 5.51. The third-order valence-electron chi connectivity index (χ3n) is 8.84. The summed E-state index contributed by atoms with van der Waals surface area (Å²) in [6.45, 7) is 0.950. The first kappa shape index (κ1) is 53.3. The van der Waals surface area contributed by atoms with Crippen LogP contribution in [0, 0.1) is 0 Å². The van der Waals surface area contributed by atoms with Crippen LogP contribution in [0.1, 0.15) is 52.9 Å². The van der Waals surface area contributed by atoms with Crippen LogP contribution in [0.3, 0.4) is 0 Å². The Morgan fingerprint density at radius 1 is 0.726 bits per heavy atom. The molecule has 28 heteroatoms. The number of likely N-dealkylation sites (tertiary alicyclic amines) is 1. The van der Waals surface area contributed by atoms with Crippen LogP contribution in [0.25, 0.3) is 0 Å². The number of hydrogen-bond donors (Lipinski definition) is 15. The number of nitrogens with one attached hydrogen (secondary N) is 8. The number of carbonyl (C=O) groups excluding carboxylic acids is 10. The monoisotopic (exact) mass is 886 g/mol. The first-order valence-corrected chi connectivity index (χ1v) is 19.2. The van der Waals surface area contributed by atoms with Crippen molar-refractivity contribution < 1.29 is 68.1 Å². The summed E-state index contributed by atoms with van der Waals surface area (Å²) in [5.41, 5.74) is 21.4. The molecule has 0 saturated carbocycles. The molecule has 62 heavy (non-hydrogen) atoms. The van der Waals surface area contributed by atoms with Gasteiger partial charge >= 0.3 is 5.97 Å². The van der Waals surface area contributed by atoms with E-state index in [-0.39, 0.29) is 38.3 Å². The molecule has 28 nitrogen and oxygen atoms in total. The van der Waals surface area contributed by atoms with Gasteiger partial charge in [0, 0.05) is 13.1 Å². The largest absolute Gasteiger partial charge is 0.480 e. The van der Waals surface area contributed by atoms with Gasteiger partial charge in [-0.25, -0.2) is 0 Å². The number of guanidine groups is 1. The third-order valence-corrected chi connectivity index (χ3v) is 8.84. The Hall–Kier alpha value is -6.68. The Labute approximate surface area is 354 Å². The normalized spacial score (nSPS) is 16.5. The lowest BCUT2D eigenvalue weighted by Gasteiger charge is -2.31. The van der Waals surface area contributed by atoms with E-state index in [2.05, 4.69) is 47.5 Å². The molecule has 0 bridgehead atoms. The van der Waals surface area contributed by atoms with Crippen LogP contribution in [0.15, 0.2) is 4.99 Å². The van der Waals surface area contributed by atoms with Crippen LogP contribution in [0.5, 0.6) is 0 Å². The van der Waals surface area contributed by atoms with Gasteiger partial charge in [-0.2, -0.15) is 0 Å². The summed E-state index contributed by atoms with van der Waals surface area (Å²) in [6.07, 6.45) is -1.77. The van der Waals surface area contributed by atoms with E-state index >= 15 is 0 Å². The van der Waals surface area contributed by atoms with Crippen molar-refractivity contribution in [1.82, 2.24) is 47.4 Å². The van der Waals surface area contributed by atoms with E-state index in [1.54, 1.807) is 0 Å². The van der Waals surface area contributed by atoms with Gasteiger partial charge in [-0.05, 0) is 46.5 Å². The highest BCUT2D eigenvalue weighted by Gasteiger charge is 2.40. The summed E-state index contributed by atoms with van der Waals surface area (Å²) < 4.78 is 0. The Balaban J connectivity index is 3.06. The van der Waals surface area contributed by atoms with Gasteiger partial charge in [0.25, 0.3) is 0 Å². The fourth-order valence-corrected chi connectivity index (χ4v) is 5.51. The SMILES string of the molecule is C[C@H](NC(=O)CNC(=O)CNC(=O)[C@@H](NC(=O)[C@@H]1CCCN1C(=O)[C@H](CCCN=C(N)N)NC(=O)[C@H](C)NC(=O)[C@H](CC(N)=O)NC(=O)CNC(=O)[C@@H](N)CO)[C@@H](C)O)C(=O)O. The standard InChI is InChI=1S/C34H58N14O14/c1-15(44-29(57)20(10-22(36)51)45-25(54)13-41-28(56)18(35)14-49)27(55)46-19(6-4-8-39-34(37)38)32(60)48-9-5-7-21(48)30(58)47-26(17(3)50)31(59)42-11-23(52)40-12-24(53)43-16(2)33(61)62/h15-21,26,49-50H,4-14,35H2,1-3H3,(H2,36,51)(H,40,52)(H,41,56)(H,42,59)(H,43,53)(H,44,57)(H,45,54)(H,46,55)(H,47,58)(H,61,62)(H4,37,38,39)/t15-,16-,17+,18-,19-,20-,21-,26-/m0/s1. The van der Waals surface area contributed by atoms with Crippen LogP contribution in [-0.2, 0) is 52.7 Å². The number of aliphatic imine (C=N–C) groups is 1. The molecule has 0 unspecified atom stereocenters. The zero-order chi connectivity index (χ0) is 47.3. The van der Waals surface area contributed by atoms with Crippen LogP contribution in [-0.4, -0.2) is 179 Å². The number of aliphatic hydroxyl groups excluding tert-OH is 2. The number of nitrogens with two attached hydrogens (primary N) is 4. The number of hydrogen-bond acceptors (Lipinski definition) is 15. The molecule has 0 aliphatic carbocycles. The van der Waals surface area contributed by atoms with Gasteiger partial charge in [-0.1, -0.05) is 0 Å². The van der Waals surface area contributed by atoms with Gasteiger partial charge in [0.05, 0.1) is 38.8 Å². The van der Waals surface area contributed by atoms with E-state index in [4.69, 9.17) is 33.1 Å². The minimum atomic E-state index is -1.63. The molecule has 8 atom stereocenters. The second-order valence-corrected chi connectivity index (χ2v) is 14.1. The van der Waals surface area contributed by atoms with E-state index in [9.17, 15) is 57.8 Å². The van der Waals surface area contributed by atoms with Crippen molar-refractivity contribution in [1.29, 1.82) is 0 Å². The van der Waals surface area contributed by atoms with Gasteiger partial charge < -0.3 is 85.7 Å². The molecule has 1 rings (SSSR count). The lowest BCUT2D eigenvalue weighted by molar-refractivity contribution is -0.143. The molecule has 1 aliphatic heterocycles. The van der Waals surface area contributed by atoms with E-state index in [1.807, 2.05) is 0 Å². The highest BCUT2D eigenvalue weighted by Crippen LogP contribution is 2.20. The topological polar surface area (TPSA) is 464 Å². The maximum Gasteiger partial charge on any atom is 0.325 e. The smallest absolute Gasteiger partial charge is 0.325 e. The maximum atomic E-state index is 14.0. The lowest BCUT2D eigenvalue weighted by atomic mass is 10.1. The predicted molar refractivity (Wildman–Crippen MR) is 213 cm³/mol. The summed E-state index contributed by atoms with van der Waals surface area (Å²) in [7, 11) is 0. The van der Waals surface area contributed by atoms with Gasteiger partial charge in [0.1, 0.15) is 42.3 Å². The average molecular weight is 887 g/mol. The average Bonchev–Trinajstić information content (AvgIpc) is 3.70. The molecule has 1 heterocycles. The molecule has 0 radical (unpaired) electrons. The van der Waals surface area contributed by atoms with Crippen molar-refractivity contribution in [2.45, 2.75) is 101 Å². The molecule has 19 N–H and O–H groups in total. The van der Waals surface area contributed by atoms with Crippen LogP contribution in [0.2, 0.25) is 0 Å². The Bertz CT molecular complexity index is 1690. The predicted octanol–water partition coefficient (Wildman–Crippen LogP) is -9.50. The molecular weight excluding hydrogens is 828 g/mol. The van der Waals surface area contributed by atoms with Crippen molar-refractivity contribution in [3.63, 3.8) is 0 Å². The van der Waals surface area contributed by atoms with Crippen molar-refractivity contribution in [2.75, 3.05) is 39.3 Å². The summed E-state index contributed by atoms with van der Waals surface area (Å²) in [6, 6.07) is -9.75. The number of nitrogens with zero attached hydrogens (tertiary/aromatic N) is 2. The highest BCUT2D eigenvalue weighted by molar-refractivity contribution is 5.98. The van der Waals surface area contributed by atoms with Crippen molar-refractivity contribution in [2.24, 2.45) is 27.9 Å². The second kappa shape index (κ2) is 26.5. The summed E-state index contributed by atoms with van der Waals surface area (Å²) in [4.78, 5) is 143. The Morgan fingerprint density at radius 3 is 1.90 bits per heavy atom. The minimum Gasteiger partial charge on any atom is -0.480 e. The molecule has 1 fully saturated rings. The number of carboxylic acids is 1. The van der Waals surface area contributed by atoms with Crippen LogP contribution in [0.4, 0.5) is 0 Å².